The van der Waals surface area contributed by atoms with Crippen LogP contribution in [0.25, 0.3) is 11.0 Å². The van der Waals surface area contributed by atoms with Crippen LogP contribution >= 0.6 is 0 Å². The molecule has 2 N–H and O–H groups in total. The van der Waals surface area contributed by atoms with Gasteiger partial charge >= 0.3 is 0 Å². The minimum absolute atomic E-state index is 0.624. The molecule has 1 saturated carbocycles. The SMILES string of the molecule is CC1CCC(Nc2ccc3n[nH]nc3c2)C1. The number of H-pyrrole nitrogens is 1. The number of aromatic amines is 1. The normalized spacial score (nSPS) is 25.1. The second kappa shape index (κ2) is 3.77. The van der Waals surface area contributed by atoms with Crippen molar-refractivity contribution in [3.05, 3.63) is 18.2 Å². The van der Waals surface area contributed by atoms with Crippen molar-refractivity contribution < 1.29 is 0 Å². The summed E-state index contributed by atoms with van der Waals surface area (Å²) in [5.41, 5.74) is 3.00. The molecule has 0 amide bonds. The summed E-state index contributed by atoms with van der Waals surface area (Å²) < 4.78 is 0. The molecule has 0 aliphatic heterocycles. The second-order valence-corrected chi connectivity index (χ2v) is 4.79. The number of benzene rings is 1. The van der Waals surface area contributed by atoms with Crippen molar-refractivity contribution in [2.75, 3.05) is 5.32 Å². The molecule has 0 bridgehead atoms. The van der Waals surface area contributed by atoms with E-state index in [1.54, 1.807) is 0 Å². The summed E-state index contributed by atoms with van der Waals surface area (Å²) in [6, 6.07) is 6.76. The van der Waals surface area contributed by atoms with Crippen LogP contribution in [-0.2, 0) is 0 Å². The first-order chi connectivity index (χ1) is 7.81. The molecule has 1 fully saturated rings. The molecule has 2 atom stereocenters. The lowest BCUT2D eigenvalue weighted by atomic mass is 10.1. The molecule has 1 aromatic carbocycles. The Morgan fingerprint density at radius 1 is 1.25 bits per heavy atom. The van der Waals surface area contributed by atoms with Crippen LogP contribution in [0.2, 0.25) is 0 Å². The van der Waals surface area contributed by atoms with Crippen molar-refractivity contribution in [1.82, 2.24) is 15.4 Å². The molecule has 2 unspecified atom stereocenters. The third-order valence-corrected chi connectivity index (χ3v) is 3.38. The molecular weight excluding hydrogens is 200 g/mol. The van der Waals surface area contributed by atoms with Gasteiger partial charge in [-0.3, -0.25) is 0 Å². The fourth-order valence-electron chi connectivity index (χ4n) is 2.50. The molecule has 16 heavy (non-hydrogen) atoms. The maximum Gasteiger partial charge on any atom is 0.115 e. The van der Waals surface area contributed by atoms with Crippen molar-refractivity contribution >= 4 is 16.7 Å². The highest BCUT2D eigenvalue weighted by molar-refractivity contribution is 5.77. The van der Waals surface area contributed by atoms with Crippen LogP contribution in [0.3, 0.4) is 0 Å². The average Bonchev–Trinajstić information content (AvgIpc) is 2.87. The summed E-state index contributed by atoms with van der Waals surface area (Å²) in [5.74, 6) is 0.855. The van der Waals surface area contributed by atoms with Gasteiger partial charge < -0.3 is 5.32 Å². The summed E-state index contributed by atoms with van der Waals surface area (Å²) in [5, 5.41) is 14.3. The van der Waals surface area contributed by atoms with Gasteiger partial charge in [0.1, 0.15) is 11.0 Å². The minimum Gasteiger partial charge on any atom is -0.382 e. The van der Waals surface area contributed by atoms with Gasteiger partial charge in [0.25, 0.3) is 0 Å². The summed E-state index contributed by atoms with van der Waals surface area (Å²) in [4.78, 5) is 0. The first kappa shape index (κ1) is 9.63. The molecule has 4 heteroatoms. The summed E-state index contributed by atoms with van der Waals surface area (Å²) in [6.45, 7) is 2.32. The number of anilines is 1. The smallest absolute Gasteiger partial charge is 0.115 e. The third kappa shape index (κ3) is 1.75. The topological polar surface area (TPSA) is 53.6 Å². The number of rotatable bonds is 2. The number of aromatic nitrogens is 3. The van der Waals surface area contributed by atoms with Crippen LogP contribution in [0.1, 0.15) is 26.2 Å². The number of hydrogen-bond acceptors (Lipinski definition) is 3. The van der Waals surface area contributed by atoms with Gasteiger partial charge in [-0.25, -0.2) is 0 Å². The minimum atomic E-state index is 0.624. The zero-order valence-corrected chi connectivity index (χ0v) is 9.40. The van der Waals surface area contributed by atoms with E-state index in [1.165, 1.54) is 19.3 Å². The van der Waals surface area contributed by atoms with Crippen LogP contribution in [0.5, 0.6) is 0 Å². The summed E-state index contributed by atoms with van der Waals surface area (Å²) >= 11 is 0. The molecule has 84 valence electrons. The van der Waals surface area contributed by atoms with E-state index >= 15 is 0 Å². The second-order valence-electron chi connectivity index (χ2n) is 4.79. The van der Waals surface area contributed by atoms with Crippen molar-refractivity contribution in [3.63, 3.8) is 0 Å². The lowest BCUT2D eigenvalue weighted by molar-refractivity contribution is 0.602. The van der Waals surface area contributed by atoms with E-state index in [2.05, 4.69) is 39.8 Å². The molecule has 0 radical (unpaired) electrons. The van der Waals surface area contributed by atoms with E-state index in [0.717, 1.165) is 22.6 Å². The van der Waals surface area contributed by atoms with Gasteiger partial charge in [-0.15, -0.1) is 0 Å². The van der Waals surface area contributed by atoms with Crippen LogP contribution < -0.4 is 5.32 Å². The first-order valence-electron chi connectivity index (χ1n) is 5.88. The molecule has 1 heterocycles. The van der Waals surface area contributed by atoms with E-state index < -0.39 is 0 Å². The highest BCUT2D eigenvalue weighted by atomic mass is 15.3. The van der Waals surface area contributed by atoms with Crippen LogP contribution in [0.15, 0.2) is 18.2 Å². The molecule has 2 aromatic rings. The predicted octanol–water partition coefficient (Wildman–Crippen LogP) is 2.56. The van der Waals surface area contributed by atoms with Crippen LogP contribution in [0.4, 0.5) is 5.69 Å². The predicted molar refractivity (Wildman–Crippen MR) is 64.3 cm³/mol. The Balaban J connectivity index is 1.78. The van der Waals surface area contributed by atoms with Gasteiger partial charge in [0, 0.05) is 11.7 Å². The van der Waals surface area contributed by atoms with Gasteiger partial charge in [0.05, 0.1) is 0 Å². The highest BCUT2D eigenvalue weighted by Crippen LogP contribution is 2.28. The number of hydrogen-bond donors (Lipinski definition) is 2. The Hall–Kier alpha value is -1.58. The van der Waals surface area contributed by atoms with E-state index in [-0.39, 0.29) is 0 Å². The van der Waals surface area contributed by atoms with Gasteiger partial charge in [-0.2, -0.15) is 15.4 Å². The lowest BCUT2D eigenvalue weighted by Crippen LogP contribution is -2.14. The van der Waals surface area contributed by atoms with Crippen LogP contribution in [0, 0.1) is 5.92 Å². The standard InChI is InChI=1S/C12H16N4/c1-8-2-3-9(6-8)13-10-4-5-11-12(7-10)15-16-14-11/h4-5,7-9,13H,2-3,6H2,1H3,(H,14,15,16). The molecule has 0 saturated heterocycles. The molecule has 4 nitrogen and oxygen atoms in total. The third-order valence-electron chi connectivity index (χ3n) is 3.38. The molecule has 1 aliphatic rings. The number of fused-ring (bicyclic) bond motifs is 1. The summed E-state index contributed by atoms with van der Waals surface area (Å²) in [6.07, 6.45) is 3.89. The Morgan fingerprint density at radius 2 is 2.12 bits per heavy atom. The average molecular weight is 216 g/mol. The van der Waals surface area contributed by atoms with E-state index in [1.807, 2.05) is 6.07 Å². The van der Waals surface area contributed by atoms with Gasteiger partial charge in [-0.1, -0.05) is 6.92 Å². The number of nitrogens with zero attached hydrogens (tertiary/aromatic N) is 2. The fraction of sp³-hybridized carbons (Fsp3) is 0.500. The summed E-state index contributed by atoms with van der Waals surface area (Å²) in [7, 11) is 0. The van der Waals surface area contributed by atoms with E-state index in [4.69, 9.17) is 0 Å². The first-order valence-corrected chi connectivity index (χ1v) is 5.88. The molecule has 1 aromatic heterocycles. The Morgan fingerprint density at radius 3 is 2.94 bits per heavy atom. The Labute approximate surface area is 94.4 Å². The highest BCUT2D eigenvalue weighted by Gasteiger charge is 2.20. The lowest BCUT2D eigenvalue weighted by Gasteiger charge is -2.13. The van der Waals surface area contributed by atoms with Gasteiger partial charge in [-0.05, 0) is 43.4 Å². The largest absolute Gasteiger partial charge is 0.382 e. The van der Waals surface area contributed by atoms with Crippen molar-refractivity contribution in [2.24, 2.45) is 5.92 Å². The molecule has 1 aliphatic carbocycles. The van der Waals surface area contributed by atoms with E-state index in [0.29, 0.717) is 6.04 Å². The fourth-order valence-corrected chi connectivity index (χ4v) is 2.50. The zero-order chi connectivity index (χ0) is 11.0. The maximum absolute atomic E-state index is 4.09. The quantitative estimate of drug-likeness (QED) is 0.811. The monoisotopic (exact) mass is 216 g/mol. The molecule has 3 rings (SSSR count). The Bertz CT molecular complexity index is 490. The molecular formula is C12H16N4. The zero-order valence-electron chi connectivity index (χ0n) is 9.40. The van der Waals surface area contributed by atoms with E-state index in [9.17, 15) is 0 Å². The van der Waals surface area contributed by atoms with Crippen molar-refractivity contribution in [3.8, 4) is 0 Å². The Kier molecular flexibility index (Phi) is 2.27. The van der Waals surface area contributed by atoms with Gasteiger partial charge in [0.2, 0.25) is 0 Å². The van der Waals surface area contributed by atoms with Crippen molar-refractivity contribution in [2.45, 2.75) is 32.2 Å². The van der Waals surface area contributed by atoms with Gasteiger partial charge in [0.15, 0.2) is 0 Å². The molecule has 0 spiro atoms. The van der Waals surface area contributed by atoms with Crippen molar-refractivity contribution in [1.29, 1.82) is 0 Å². The maximum atomic E-state index is 4.09. The van der Waals surface area contributed by atoms with Crippen LogP contribution in [-0.4, -0.2) is 21.5 Å². The number of nitrogens with one attached hydrogen (secondary N) is 2.